The molecular formula is C14H15N3O3. The Morgan fingerprint density at radius 1 is 1.40 bits per heavy atom. The lowest BCUT2D eigenvalue weighted by Crippen LogP contribution is -2.39. The molecule has 2 heterocycles. The summed E-state index contributed by atoms with van der Waals surface area (Å²) in [4.78, 5) is 11.8. The Kier molecular flexibility index (Phi) is 3.39. The normalized spacial score (nSPS) is 17.4. The molecule has 1 aliphatic rings. The second-order valence-corrected chi connectivity index (χ2v) is 4.47. The van der Waals surface area contributed by atoms with Crippen molar-refractivity contribution in [2.45, 2.75) is 12.8 Å². The zero-order valence-corrected chi connectivity index (χ0v) is 11.1. The predicted octanol–water partition coefficient (Wildman–Crippen LogP) is 1.35. The van der Waals surface area contributed by atoms with Crippen LogP contribution in [0.2, 0.25) is 0 Å². The van der Waals surface area contributed by atoms with Crippen LogP contribution in [0.3, 0.4) is 0 Å². The van der Waals surface area contributed by atoms with Gasteiger partial charge in [0.1, 0.15) is 23.7 Å². The van der Waals surface area contributed by atoms with Crippen molar-refractivity contribution in [3.8, 4) is 5.75 Å². The van der Waals surface area contributed by atoms with E-state index in [1.807, 2.05) is 30.3 Å². The van der Waals surface area contributed by atoms with Crippen LogP contribution in [0.5, 0.6) is 5.75 Å². The number of methoxy groups -OCH3 is 1. The molecule has 0 aliphatic carbocycles. The second-order valence-electron chi connectivity index (χ2n) is 4.47. The van der Waals surface area contributed by atoms with Crippen molar-refractivity contribution in [1.82, 2.24) is 15.1 Å². The number of hydrogen-bond acceptors (Lipinski definition) is 4. The van der Waals surface area contributed by atoms with Crippen LogP contribution in [0.4, 0.5) is 0 Å². The SMILES string of the molecule is COC1CNC(=O)c2cc(COc3ccccc3)nn21. The van der Waals surface area contributed by atoms with Gasteiger partial charge in [-0.05, 0) is 18.2 Å². The number of fused-ring (bicyclic) bond motifs is 1. The molecule has 6 heteroatoms. The molecule has 2 aromatic rings. The van der Waals surface area contributed by atoms with Crippen molar-refractivity contribution in [2.24, 2.45) is 0 Å². The first-order chi connectivity index (χ1) is 9.78. The molecule has 1 N–H and O–H groups in total. The first kappa shape index (κ1) is 12.7. The summed E-state index contributed by atoms with van der Waals surface area (Å²) < 4.78 is 12.5. The van der Waals surface area contributed by atoms with Crippen molar-refractivity contribution in [2.75, 3.05) is 13.7 Å². The molecule has 104 valence electrons. The topological polar surface area (TPSA) is 65.4 Å². The highest BCUT2D eigenvalue weighted by Crippen LogP contribution is 2.18. The first-order valence-corrected chi connectivity index (χ1v) is 6.35. The molecule has 1 unspecified atom stereocenters. The number of nitrogens with zero attached hydrogens (tertiary/aromatic N) is 2. The van der Waals surface area contributed by atoms with Crippen molar-refractivity contribution in [3.05, 3.63) is 47.8 Å². The highest BCUT2D eigenvalue weighted by atomic mass is 16.5. The molecule has 1 atom stereocenters. The van der Waals surface area contributed by atoms with Crippen LogP contribution < -0.4 is 10.1 Å². The van der Waals surface area contributed by atoms with E-state index in [1.165, 1.54) is 0 Å². The Morgan fingerprint density at radius 2 is 2.20 bits per heavy atom. The number of carbonyl (C=O) groups is 1. The maximum atomic E-state index is 11.8. The van der Waals surface area contributed by atoms with E-state index in [0.29, 0.717) is 24.5 Å². The third-order valence-electron chi connectivity index (χ3n) is 3.13. The van der Waals surface area contributed by atoms with E-state index in [4.69, 9.17) is 9.47 Å². The number of para-hydroxylation sites is 1. The van der Waals surface area contributed by atoms with E-state index in [2.05, 4.69) is 10.4 Å². The third kappa shape index (κ3) is 2.37. The van der Waals surface area contributed by atoms with Crippen molar-refractivity contribution < 1.29 is 14.3 Å². The number of carbonyl (C=O) groups excluding carboxylic acids is 1. The van der Waals surface area contributed by atoms with Gasteiger partial charge in [-0.25, -0.2) is 4.68 Å². The van der Waals surface area contributed by atoms with Crippen LogP contribution in [0, 0.1) is 0 Å². The molecule has 0 fully saturated rings. The zero-order chi connectivity index (χ0) is 13.9. The smallest absolute Gasteiger partial charge is 0.269 e. The molecular weight excluding hydrogens is 258 g/mol. The largest absolute Gasteiger partial charge is 0.487 e. The number of nitrogens with one attached hydrogen (secondary N) is 1. The van der Waals surface area contributed by atoms with Crippen LogP contribution in [-0.4, -0.2) is 29.3 Å². The minimum atomic E-state index is -0.270. The monoisotopic (exact) mass is 273 g/mol. The minimum absolute atomic E-state index is 0.142. The molecule has 0 spiro atoms. The summed E-state index contributed by atoms with van der Waals surface area (Å²) in [6.07, 6.45) is -0.270. The average molecular weight is 273 g/mol. The fourth-order valence-electron chi connectivity index (χ4n) is 2.12. The van der Waals surface area contributed by atoms with Crippen LogP contribution in [0.1, 0.15) is 22.4 Å². The molecule has 20 heavy (non-hydrogen) atoms. The van der Waals surface area contributed by atoms with Gasteiger partial charge in [-0.2, -0.15) is 5.10 Å². The van der Waals surface area contributed by atoms with Gasteiger partial charge in [-0.15, -0.1) is 0 Å². The zero-order valence-electron chi connectivity index (χ0n) is 11.1. The average Bonchev–Trinajstić information content (AvgIpc) is 2.92. The van der Waals surface area contributed by atoms with Gasteiger partial charge in [0.25, 0.3) is 5.91 Å². The quantitative estimate of drug-likeness (QED) is 0.913. The lowest BCUT2D eigenvalue weighted by molar-refractivity contribution is 0.0218. The number of amides is 1. The highest BCUT2D eigenvalue weighted by Gasteiger charge is 2.26. The Labute approximate surface area is 116 Å². The summed E-state index contributed by atoms with van der Waals surface area (Å²) in [6.45, 7) is 0.733. The summed E-state index contributed by atoms with van der Waals surface area (Å²) in [5.41, 5.74) is 1.19. The molecule has 1 aromatic heterocycles. The number of ether oxygens (including phenoxy) is 2. The van der Waals surface area contributed by atoms with Gasteiger partial charge in [-0.3, -0.25) is 4.79 Å². The van der Waals surface area contributed by atoms with Crippen molar-refractivity contribution in [1.29, 1.82) is 0 Å². The summed E-state index contributed by atoms with van der Waals surface area (Å²) in [5.74, 6) is 0.628. The molecule has 0 bridgehead atoms. The van der Waals surface area contributed by atoms with Gasteiger partial charge in [0.2, 0.25) is 0 Å². The maximum absolute atomic E-state index is 11.8. The van der Waals surface area contributed by atoms with E-state index in [-0.39, 0.29) is 12.1 Å². The van der Waals surface area contributed by atoms with Crippen LogP contribution in [-0.2, 0) is 11.3 Å². The van der Waals surface area contributed by atoms with E-state index in [0.717, 1.165) is 5.75 Å². The summed E-state index contributed by atoms with van der Waals surface area (Å²) in [7, 11) is 1.59. The Hall–Kier alpha value is -2.34. The van der Waals surface area contributed by atoms with Gasteiger partial charge >= 0.3 is 0 Å². The van der Waals surface area contributed by atoms with Gasteiger partial charge in [0, 0.05) is 7.11 Å². The standard InChI is InChI=1S/C14H15N3O3/c1-19-13-8-15-14(18)12-7-10(16-17(12)13)9-20-11-5-3-2-4-6-11/h2-7,13H,8-9H2,1H3,(H,15,18). The molecule has 1 amide bonds. The van der Waals surface area contributed by atoms with Crippen molar-refractivity contribution >= 4 is 5.91 Å². The first-order valence-electron chi connectivity index (χ1n) is 6.35. The highest BCUT2D eigenvalue weighted by molar-refractivity contribution is 5.93. The van der Waals surface area contributed by atoms with E-state index in [9.17, 15) is 4.79 Å². The molecule has 1 aromatic carbocycles. The van der Waals surface area contributed by atoms with Gasteiger partial charge in [-0.1, -0.05) is 18.2 Å². The molecule has 1 aliphatic heterocycles. The van der Waals surface area contributed by atoms with E-state index < -0.39 is 0 Å². The summed E-state index contributed by atoms with van der Waals surface area (Å²) in [5, 5.41) is 7.14. The Morgan fingerprint density at radius 3 is 2.95 bits per heavy atom. The minimum Gasteiger partial charge on any atom is -0.487 e. The lowest BCUT2D eigenvalue weighted by atomic mass is 10.3. The van der Waals surface area contributed by atoms with Gasteiger partial charge in [0.05, 0.1) is 6.54 Å². The molecule has 0 radical (unpaired) electrons. The van der Waals surface area contributed by atoms with Crippen molar-refractivity contribution in [3.63, 3.8) is 0 Å². The maximum Gasteiger partial charge on any atom is 0.269 e. The summed E-state index contributed by atoms with van der Waals surface area (Å²) >= 11 is 0. The van der Waals surface area contributed by atoms with Gasteiger partial charge < -0.3 is 14.8 Å². The summed E-state index contributed by atoms with van der Waals surface area (Å²) in [6, 6.07) is 11.2. The fourth-order valence-corrected chi connectivity index (χ4v) is 2.12. The predicted molar refractivity (Wildman–Crippen MR) is 71.4 cm³/mol. The molecule has 0 saturated heterocycles. The van der Waals surface area contributed by atoms with E-state index >= 15 is 0 Å². The van der Waals surface area contributed by atoms with Crippen LogP contribution in [0.15, 0.2) is 36.4 Å². The lowest BCUT2D eigenvalue weighted by Gasteiger charge is -2.23. The number of hydrogen-bond donors (Lipinski definition) is 1. The number of aromatic nitrogens is 2. The van der Waals surface area contributed by atoms with E-state index in [1.54, 1.807) is 17.9 Å². The Balaban J connectivity index is 1.77. The Bertz CT molecular complexity index is 609. The fraction of sp³-hybridized carbons (Fsp3) is 0.286. The number of rotatable bonds is 4. The van der Waals surface area contributed by atoms with Crippen LogP contribution in [0.25, 0.3) is 0 Å². The number of benzene rings is 1. The third-order valence-corrected chi connectivity index (χ3v) is 3.13. The van der Waals surface area contributed by atoms with Gasteiger partial charge in [0.15, 0.2) is 6.23 Å². The molecule has 3 rings (SSSR count). The molecule has 6 nitrogen and oxygen atoms in total. The second kappa shape index (κ2) is 5.34. The molecule has 0 saturated carbocycles. The van der Waals surface area contributed by atoms with Crippen LogP contribution >= 0.6 is 0 Å².